The number of hydrogen-bond donors (Lipinski definition) is 0. The van der Waals surface area contributed by atoms with Crippen molar-refractivity contribution in [3.8, 4) is 0 Å². The minimum Gasteiger partial charge on any atom is -0.305 e. The summed E-state index contributed by atoms with van der Waals surface area (Å²) in [6.45, 7) is 6.38. The number of hydrogen-bond acceptors (Lipinski definition) is 3. The molecular weight excluding hydrogens is 284 g/mol. The van der Waals surface area contributed by atoms with Crippen LogP contribution in [0.1, 0.15) is 36.5 Å². The SMILES string of the molecule is CCC1CN(C)CCCN1CCC(=O)c1ccccc1Cl. The molecule has 4 heteroatoms. The zero-order chi connectivity index (χ0) is 15.2. The van der Waals surface area contributed by atoms with E-state index in [0.717, 1.165) is 32.6 Å². The molecule has 0 saturated carbocycles. The predicted molar refractivity (Wildman–Crippen MR) is 88.2 cm³/mol. The van der Waals surface area contributed by atoms with Crippen LogP contribution >= 0.6 is 11.6 Å². The number of carbonyl (C=O) groups excluding carboxylic acids is 1. The highest BCUT2D eigenvalue weighted by atomic mass is 35.5. The van der Waals surface area contributed by atoms with Crippen molar-refractivity contribution in [3.05, 3.63) is 34.9 Å². The van der Waals surface area contributed by atoms with Crippen LogP contribution in [0.5, 0.6) is 0 Å². The van der Waals surface area contributed by atoms with E-state index in [1.165, 1.54) is 6.42 Å². The molecule has 1 aromatic carbocycles. The normalized spacial score (nSPS) is 21.2. The minimum atomic E-state index is 0.146. The molecule has 2 rings (SSSR count). The summed E-state index contributed by atoms with van der Waals surface area (Å²) in [6, 6.07) is 7.88. The second-order valence-electron chi connectivity index (χ2n) is 5.87. The summed E-state index contributed by atoms with van der Waals surface area (Å²) in [6.07, 6.45) is 2.85. The highest BCUT2D eigenvalue weighted by molar-refractivity contribution is 6.33. The molecule has 0 radical (unpaired) electrons. The van der Waals surface area contributed by atoms with Crippen LogP contribution in [0.2, 0.25) is 5.02 Å². The van der Waals surface area contributed by atoms with E-state index in [-0.39, 0.29) is 5.78 Å². The van der Waals surface area contributed by atoms with Crippen LogP contribution in [0, 0.1) is 0 Å². The molecule has 0 aromatic heterocycles. The third kappa shape index (κ3) is 4.53. The van der Waals surface area contributed by atoms with Crippen LogP contribution in [0.15, 0.2) is 24.3 Å². The lowest BCUT2D eigenvalue weighted by molar-refractivity contribution is 0.0948. The molecule has 21 heavy (non-hydrogen) atoms. The minimum absolute atomic E-state index is 0.146. The molecule has 0 N–H and O–H groups in total. The van der Waals surface area contributed by atoms with Crippen molar-refractivity contribution < 1.29 is 4.79 Å². The second kappa shape index (κ2) is 7.92. The van der Waals surface area contributed by atoms with Gasteiger partial charge in [-0.2, -0.15) is 0 Å². The zero-order valence-corrected chi connectivity index (χ0v) is 13.8. The third-order valence-corrected chi connectivity index (χ3v) is 4.63. The molecule has 0 amide bonds. The van der Waals surface area contributed by atoms with E-state index in [9.17, 15) is 4.79 Å². The Balaban J connectivity index is 1.95. The fourth-order valence-corrected chi connectivity index (χ4v) is 3.28. The first-order valence-corrected chi connectivity index (χ1v) is 8.20. The first-order valence-electron chi connectivity index (χ1n) is 7.82. The van der Waals surface area contributed by atoms with Crippen LogP contribution in [-0.4, -0.2) is 54.9 Å². The van der Waals surface area contributed by atoms with E-state index in [4.69, 9.17) is 11.6 Å². The largest absolute Gasteiger partial charge is 0.305 e. The van der Waals surface area contributed by atoms with Crippen molar-refractivity contribution in [2.75, 3.05) is 33.2 Å². The topological polar surface area (TPSA) is 23.6 Å². The first-order chi connectivity index (χ1) is 10.1. The monoisotopic (exact) mass is 308 g/mol. The van der Waals surface area contributed by atoms with Crippen LogP contribution in [0.3, 0.4) is 0 Å². The maximum atomic E-state index is 12.3. The smallest absolute Gasteiger partial charge is 0.165 e. The number of ketones is 1. The molecule has 1 aliphatic rings. The molecule has 1 heterocycles. The molecule has 0 spiro atoms. The van der Waals surface area contributed by atoms with Gasteiger partial charge in [0.25, 0.3) is 0 Å². The van der Waals surface area contributed by atoms with Crippen LogP contribution in [0.4, 0.5) is 0 Å². The standard InChI is InChI=1S/C17H25ClN2O/c1-3-14-13-19(2)10-6-11-20(14)12-9-17(21)15-7-4-5-8-16(15)18/h4-5,7-8,14H,3,6,9-13H2,1-2H3. The fraction of sp³-hybridized carbons (Fsp3) is 0.588. The van der Waals surface area contributed by atoms with Crippen LogP contribution in [0.25, 0.3) is 0 Å². The van der Waals surface area contributed by atoms with Gasteiger partial charge >= 0.3 is 0 Å². The van der Waals surface area contributed by atoms with Crippen molar-refractivity contribution in [3.63, 3.8) is 0 Å². The van der Waals surface area contributed by atoms with Crippen molar-refractivity contribution in [2.45, 2.75) is 32.2 Å². The van der Waals surface area contributed by atoms with Gasteiger partial charge in [0.2, 0.25) is 0 Å². The Labute approximate surface area is 132 Å². The summed E-state index contributed by atoms with van der Waals surface area (Å²) in [5.74, 6) is 0.146. The van der Waals surface area contributed by atoms with Gasteiger partial charge in [-0.1, -0.05) is 30.7 Å². The van der Waals surface area contributed by atoms with Gasteiger partial charge in [0.05, 0.1) is 5.02 Å². The summed E-state index contributed by atoms with van der Waals surface area (Å²) < 4.78 is 0. The van der Waals surface area contributed by atoms with Gasteiger partial charge in [-0.3, -0.25) is 9.69 Å². The molecule has 1 fully saturated rings. The number of carbonyl (C=O) groups is 1. The quantitative estimate of drug-likeness (QED) is 0.780. The molecule has 3 nitrogen and oxygen atoms in total. The molecule has 1 aliphatic heterocycles. The van der Waals surface area contributed by atoms with Gasteiger partial charge in [-0.15, -0.1) is 0 Å². The lowest BCUT2D eigenvalue weighted by Gasteiger charge is -2.29. The summed E-state index contributed by atoms with van der Waals surface area (Å²) >= 11 is 6.10. The average Bonchev–Trinajstić information content (AvgIpc) is 2.66. The summed E-state index contributed by atoms with van der Waals surface area (Å²) in [5, 5.41) is 0.560. The summed E-state index contributed by atoms with van der Waals surface area (Å²) in [5.41, 5.74) is 0.652. The lowest BCUT2D eigenvalue weighted by atomic mass is 10.1. The number of halogens is 1. The van der Waals surface area contributed by atoms with Gasteiger partial charge < -0.3 is 4.90 Å². The second-order valence-corrected chi connectivity index (χ2v) is 6.27. The van der Waals surface area contributed by atoms with E-state index < -0.39 is 0 Å². The molecule has 1 atom stereocenters. The summed E-state index contributed by atoms with van der Waals surface area (Å²) in [7, 11) is 2.18. The highest BCUT2D eigenvalue weighted by Gasteiger charge is 2.22. The van der Waals surface area contributed by atoms with Crippen molar-refractivity contribution >= 4 is 17.4 Å². The predicted octanol–water partition coefficient (Wildman–Crippen LogP) is 3.33. The van der Waals surface area contributed by atoms with Crippen molar-refractivity contribution in [1.29, 1.82) is 0 Å². The van der Waals surface area contributed by atoms with Crippen LogP contribution < -0.4 is 0 Å². The van der Waals surface area contributed by atoms with E-state index in [1.807, 2.05) is 18.2 Å². The Morgan fingerprint density at radius 3 is 2.81 bits per heavy atom. The van der Waals surface area contributed by atoms with E-state index in [2.05, 4.69) is 23.8 Å². The van der Waals surface area contributed by atoms with Gasteiger partial charge in [0.1, 0.15) is 0 Å². The Morgan fingerprint density at radius 1 is 1.33 bits per heavy atom. The Hall–Kier alpha value is -0.900. The maximum Gasteiger partial charge on any atom is 0.165 e. The average molecular weight is 309 g/mol. The van der Waals surface area contributed by atoms with E-state index in [0.29, 0.717) is 23.0 Å². The molecule has 1 unspecified atom stereocenters. The molecular formula is C17H25ClN2O. The Kier molecular flexibility index (Phi) is 6.22. The van der Waals surface area contributed by atoms with Crippen molar-refractivity contribution in [2.24, 2.45) is 0 Å². The first kappa shape index (κ1) is 16.5. The van der Waals surface area contributed by atoms with Gasteiger partial charge in [-0.25, -0.2) is 0 Å². The zero-order valence-electron chi connectivity index (χ0n) is 13.0. The molecule has 1 aromatic rings. The molecule has 116 valence electrons. The van der Waals surface area contributed by atoms with Gasteiger partial charge in [-0.05, 0) is 45.1 Å². The molecule has 1 saturated heterocycles. The third-order valence-electron chi connectivity index (χ3n) is 4.30. The number of Topliss-reactive ketones (excluding diaryl/α,β-unsaturated/α-hetero) is 1. The number of nitrogens with zero attached hydrogens (tertiary/aromatic N) is 2. The fourth-order valence-electron chi connectivity index (χ4n) is 3.04. The molecule has 0 aliphatic carbocycles. The Bertz CT molecular complexity index is 478. The van der Waals surface area contributed by atoms with Gasteiger partial charge in [0.15, 0.2) is 5.78 Å². The lowest BCUT2D eigenvalue weighted by Crippen LogP contribution is -2.40. The Morgan fingerprint density at radius 2 is 2.10 bits per heavy atom. The van der Waals surface area contributed by atoms with E-state index in [1.54, 1.807) is 6.07 Å². The number of rotatable bonds is 5. The van der Waals surface area contributed by atoms with Gasteiger partial charge in [0, 0.05) is 31.1 Å². The number of benzene rings is 1. The summed E-state index contributed by atoms with van der Waals surface area (Å²) in [4.78, 5) is 17.2. The number of likely N-dealkylation sites (N-methyl/N-ethyl adjacent to an activating group) is 1. The maximum absolute atomic E-state index is 12.3. The van der Waals surface area contributed by atoms with E-state index >= 15 is 0 Å². The highest BCUT2D eigenvalue weighted by Crippen LogP contribution is 2.18. The van der Waals surface area contributed by atoms with Crippen molar-refractivity contribution in [1.82, 2.24) is 9.80 Å². The van der Waals surface area contributed by atoms with Crippen LogP contribution in [-0.2, 0) is 0 Å². The molecule has 0 bridgehead atoms.